The Balaban J connectivity index is 1.61. The highest BCUT2D eigenvalue weighted by Gasteiger charge is 2.11. The van der Waals surface area contributed by atoms with Crippen molar-refractivity contribution in [2.75, 3.05) is 24.3 Å². The monoisotopic (exact) mass is 380 g/mol. The highest BCUT2D eigenvalue weighted by Crippen LogP contribution is 2.14. The van der Waals surface area contributed by atoms with Crippen molar-refractivity contribution in [1.29, 1.82) is 0 Å². The molecule has 0 saturated heterocycles. The van der Waals surface area contributed by atoms with Crippen LogP contribution in [0.25, 0.3) is 0 Å². The molecule has 1 heterocycles. The van der Waals surface area contributed by atoms with Crippen molar-refractivity contribution in [3.05, 3.63) is 77.5 Å². The molecule has 3 aromatic rings. The van der Waals surface area contributed by atoms with E-state index in [0.717, 1.165) is 17.7 Å². The number of carbonyl (C=O) groups is 1. The lowest BCUT2D eigenvalue weighted by molar-refractivity contribution is 0.102. The van der Waals surface area contributed by atoms with Gasteiger partial charge in [0, 0.05) is 18.3 Å². The van der Waals surface area contributed by atoms with Gasteiger partial charge in [0.1, 0.15) is 28.9 Å². The maximum atomic E-state index is 13.0. The maximum absolute atomic E-state index is 13.0. The summed E-state index contributed by atoms with van der Waals surface area (Å²) in [7, 11) is 1.64. The molecule has 0 bridgehead atoms. The van der Waals surface area contributed by atoms with E-state index in [1.54, 1.807) is 20.1 Å². The first-order valence-corrected chi connectivity index (χ1v) is 8.83. The third-order valence-electron chi connectivity index (χ3n) is 4.05. The second-order valence-electron chi connectivity index (χ2n) is 6.17. The minimum absolute atomic E-state index is 0.240. The number of amides is 1. The Bertz CT molecular complexity index is 944. The van der Waals surface area contributed by atoms with Gasteiger partial charge < -0.3 is 15.4 Å². The van der Waals surface area contributed by atoms with Crippen LogP contribution in [-0.2, 0) is 6.42 Å². The van der Waals surface area contributed by atoms with Gasteiger partial charge in [0.25, 0.3) is 5.91 Å². The molecule has 28 heavy (non-hydrogen) atoms. The van der Waals surface area contributed by atoms with Crippen LogP contribution in [0.2, 0.25) is 0 Å². The molecule has 144 valence electrons. The third kappa shape index (κ3) is 5.26. The van der Waals surface area contributed by atoms with Crippen molar-refractivity contribution < 1.29 is 13.9 Å². The summed E-state index contributed by atoms with van der Waals surface area (Å²) in [6.45, 7) is 2.38. The number of rotatable bonds is 7. The van der Waals surface area contributed by atoms with Crippen LogP contribution in [0.1, 0.15) is 21.9 Å². The summed E-state index contributed by atoms with van der Waals surface area (Å²) >= 11 is 0. The number of anilines is 2. The lowest BCUT2D eigenvalue weighted by Gasteiger charge is -2.10. The molecular formula is C21H21FN4O2. The van der Waals surface area contributed by atoms with Crippen LogP contribution in [0.3, 0.4) is 0 Å². The largest absolute Gasteiger partial charge is 0.497 e. The van der Waals surface area contributed by atoms with Crippen LogP contribution in [0, 0.1) is 12.7 Å². The van der Waals surface area contributed by atoms with Gasteiger partial charge in [-0.05, 0) is 55.3 Å². The average Bonchev–Trinajstić information content (AvgIpc) is 2.70. The Morgan fingerprint density at radius 3 is 2.46 bits per heavy atom. The number of carbonyl (C=O) groups excluding carboxylic acids is 1. The molecule has 0 aliphatic rings. The van der Waals surface area contributed by atoms with Gasteiger partial charge >= 0.3 is 0 Å². The second kappa shape index (κ2) is 8.94. The first-order valence-electron chi connectivity index (χ1n) is 8.83. The van der Waals surface area contributed by atoms with Gasteiger partial charge in [0.2, 0.25) is 0 Å². The van der Waals surface area contributed by atoms with Gasteiger partial charge in [0.05, 0.1) is 7.11 Å². The standard InChI is InChI=1S/C21H21FN4O2/c1-14-24-19(21(27)26-17-7-5-16(22)6-8-17)13-20(25-14)23-12-11-15-3-9-18(28-2)10-4-15/h3-10,13H,11-12H2,1-2H3,(H,26,27)(H,23,24,25). The van der Waals surface area contributed by atoms with E-state index in [1.165, 1.54) is 24.3 Å². The van der Waals surface area contributed by atoms with E-state index in [9.17, 15) is 9.18 Å². The van der Waals surface area contributed by atoms with Crippen molar-refractivity contribution >= 4 is 17.4 Å². The first kappa shape index (κ1) is 19.3. The minimum atomic E-state index is -0.379. The minimum Gasteiger partial charge on any atom is -0.497 e. The zero-order valence-corrected chi connectivity index (χ0v) is 15.7. The fourth-order valence-corrected chi connectivity index (χ4v) is 2.63. The highest BCUT2D eigenvalue weighted by atomic mass is 19.1. The topological polar surface area (TPSA) is 76.1 Å². The van der Waals surface area contributed by atoms with Crippen LogP contribution in [0.5, 0.6) is 5.75 Å². The maximum Gasteiger partial charge on any atom is 0.274 e. The van der Waals surface area contributed by atoms with Crippen molar-refractivity contribution in [3.8, 4) is 5.75 Å². The molecule has 2 N–H and O–H groups in total. The van der Waals surface area contributed by atoms with Crippen LogP contribution in [0.4, 0.5) is 15.9 Å². The molecule has 0 aliphatic carbocycles. The number of ether oxygens (including phenoxy) is 1. The van der Waals surface area contributed by atoms with Gasteiger partial charge in [-0.3, -0.25) is 4.79 Å². The lowest BCUT2D eigenvalue weighted by Crippen LogP contribution is -2.16. The summed E-state index contributed by atoms with van der Waals surface area (Å²) < 4.78 is 18.1. The van der Waals surface area contributed by atoms with E-state index >= 15 is 0 Å². The Kier molecular flexibility index (Phi) is 6.16. The predicted octanol–water partition coefficient (Wildman–Crippen LogP) is 3.84. The molecule has 1 aromatic heterocycles. The van der Waals surface area contributed by atoms with E-state index in [2.05, 4.69) is 20.6 Å². The number of hydrogen-bond acceptors (Lipinski definition) is 5. The third-order valence-corrected chi connectivity index (χ3v) is 4.05. The number of hydrogen-bond donors (Lipinski definition) is 2. The van der Waals surface area contributed by atoms with E-state index in [4.69, 9.17) is 4.74 Å². The molecule has 0 radical (unpaired) electrons. The van der Waals surface area contributed by atoms with E-state index < -0.39 is 0 Å². The molecule has 0 saturated carbocycles. The summed E-state index contributed by atoms with van der Waals surface area (Å²) in [6.07, 6.45) is 0.796. The summed E-state index contributed by atoms with van der Waals surface area (Å²) in [6, 6.07) is 15.0. The molecule has 3 rings (SSSR count). The molecule has 0 atom stereocenters. The molecular weight excluding hydrogens is 359 g/mol. The number of benzene rings is 2. The van der Waals surface area contributed by atoms with Crippen molar-refractivity contribution in [3.63, 3.8) is 0 Å². The molecule has 6 nitrogen and oxygen atoms in total. The molecule has 2 aromatic carbocycles. The van der Waals surface area contributed by atoms with Crippen LogP contribution in [-0.4, -0.2) is 29.5 Å². The molecule has 0 unspecified atom stereocenters. The molecule has 0 aliphatic heterocycles. The Morgan fingerprint density at radius 1 is 1.07 bits per heavy atom. The molecule has 0 fully saturated rings. The second-order valence-corrected chi connectivity index (χ2v) is 6.17. The van der Waals surface area contributed by atoms with Gasteiger partial charge in [-0.15, -0.1) is 0 Å². The highest BCUT2D eigenvalue weighted by molar-refractivity contribution is 6.03. The fourth-order valence-electron chi connectivity index (χ4n) is 2.63. The van der Waals surface area contributed by atoms with Crippen LogP contribution in [0.15, 0.2) is 54.6 Å². The van der Waals surface area contributed by atoms with Gasteiger partial charge in [0.15, 0.2) is 0 Å². The van der Waals surface area contributed by atoms with Crippen molar-refractivity contribution in [1.82, 2.24) is 9.97 Å². The summed E-state index contributed by atoms with van der Waals surface area (Å²) in [4.78, 5) is 20.9. The van der Waals surface area contributed by atoms with Crippen LogP contribution < -0.4 is 15.4 Å². The number of nitrogens with zero attached hydrogens (tertiary/aromatic N) is 2. The van der Waals surface area contributed by atoms with Crippen molar-refractivity contribution in [2.24, 2.45) is 0 Å². The normalized spacial score (nSPS) is 10.4. The zero-order valence-electron chi connectivity index (χ0n) is 15.7. The average molecular weight is 380 g/mol. The number of methoxy groups -OCH3 is 1. The smallest absolute Gasteiger partial charge is 0.274 e. The number of aromatic nitrogens is 2. The number of aryl methyl sites for hydroxylation is 1. The van der Waals surface area contributed by atoms with E-state index in [-0.39, 0.29) is 17.4 Å². The van der Waals surface area contributed by atoms with Gasteiger partial charge in [-0.25, -0.2) is 14.4 Å². The number of halogens is 1. The zero-order chi connectivity index (χ0) is 19.9. The summed E-state index contributed by atoms with van der Waals surface area (Å²) in [5, 5.41) is 5.91. The Morgan fingerprint density at radius 2 is 1.79 bits per heavy atom. The van der Waals surface area contributed by atoms with Gasteiger partial charge in [-0.2, -0.15) is 0 Å². The molecule has 0 spiro atoms. The van der Waals surface area contributed by atoms with Gasteiger partial charge in [-0.1, -0.05) is 12.1 Å². The van der Waals surface area contributed by atoms with Crippen molar-refractivity contribution in [2.45, 2.75) is 13.3 Å². The number of nitrogens with one attached hydrogen (secondary N) is 2. The fraction of sp³-hybridized carbons (Fsp3) is 0.190. The van der Waals surface area contributed by atoms with E-state index in [0.29, 0.717) is 23.9 Å². The first-order chi connectivity index (χ1) is 13.5. The molecule has 1 amide bonds. The summed E-state index contributed by atoms with van der Waals surface area (Å²) in [5.41, 5.74) is 1.90. The predicted molar refractivity (Wildman–Crippen MR) is 106 cm³/mol. The Labute approximate surface area is 162 Å². The SMILES string of the molecule is COc1ccc(CCNc2cc(C(=O)Nc3ccc(F)cc3)nc(C)n2)cc1. The Hall–Kier alpha value is -3.48. The molecule has 7 heteroatoms. The van der Waals surface area contributed by atoms with Crippen LogP contribution >= 0.6 is 0 Å². The summed E-state index contributed by atoms with van der Waals surface area (Å²) in [5.74, 6) is 1.14. The lowest BCUT2D eigenvalue weighted by atomic mass is 10.1. The quantitative estimate of drug-likeness (QED) is 0.651. The van der Waals surface area contributed by atoms with E-state index in [1.807, 2.05) is 24.3 Å².